The Hall–Kier alpha value is -1.22. The van der Waals surface area contributed by atoms with Crippen LogP contribution in [0.1, 0.15) is 44.7 Å². The first-order valence-corrected chi connectivity index (χ1v) is 6.72. The molecule has 0 radical (unpaired) electrons. The summed E-state index contributed by atoms with van der Waals surface area (Å²) in [5.74, 6) is 1.65. The van der Waals surface area contributed by atoms with Crippen LogP contribution in [-0.4, -0.2) is 20.8 Å². The Morgan fingerprint density at radius 3 is 2.50 bits per heavy atom. The fourth-order valence-electron chi connectivity index (χ4n) is 2.21. The summed E-state index contributed by atoms with van der Waals surface area (Å²) >= 11 is 0. The molecule has 0 aliphatic heterocycles. The third kappa shape index (κ3) is 3.64. The number of hydrogen-bond acceptors (Lipinski definition) is 3. The first-order chi connectivity index (χ1) is 8.78. The first-order valence-electron chi connectivity index (χ1n) is 6.72. The summed E-state index contributed by atoms with van der Waals surface area (Å²) in [6, 6.07) is 6.41. The SMILES string of the molecule is CCCCC(NCC)c1cccc(OC)c1OC. The van der Waals surface area contributed by atoms with Gasteiger partial charge in [0.25, 0.3) is 0 Å². The highest BCUT2D eigenvalue weighted by Crippen LogP contribution is 2.36. The number of nitrogens with one attached hydrogen (secondary N) is 1. The Balaban J connectivity index is 3.01. The van der Waals surface area contributed by atoms with E-state index in [1.54, 1.807) is 14.2 Å². The van der Waals surface area contributed by atoms with E-state index in [1.807, 2.05) is 12.1 Å². The Kier molecular flexibility index (Phi) is 6.58. The molecule has 1 aromatic carbocycles. The fourth-order valence-corrected chi connectivity index (χ4v) is 2.21. The zero-order chi connectivity index (χ0) is 13.4. The van der Waals surface area contributed by atoms with Crippen molar-refractivity contribution in [2.75, 3.05) is 20.8 Å². The van der Waals surface area contributed by atoms with E-state index in [9.17, 15) is 0 Å². The minimum absolute atomic E-state index is 0.333. The van der Waals surface area contributed by atoms with Gasteiger partial charge in [-0.25, -0.2) is 0 Å². The van der Waals surface area contributed by atoms with E-state index in [2.05, 4.69) is 25.2 Å². The highest BCUT2D eigenvalue weighted by Gasteiger charge is 2.17. The Labute approximate surface area is 110 Å². The van der Waals surface area contributed by atoms with Crippen molar-refractivity contribution >= 4 is 0 Å². The van der Waals surface area contributed by atoms with E-state index in [1.165, 1.54) is 18.4 Å². The quantitative estimate of drug-likeness (QED) is 0.766. The second kappa shape index (κ2) is 7.98. The van der Waals surface area contributed by atoms with Gasteiger partial charge in [-0.05, 0) is 19.0 Å². The standard InChI is InChI=1S/C15H25NO2/c1-5-7-10-13(16-6-2)12-9-8-11-14(17-3)15(12)18-4/h8-9,11,13,16H,5-7,10H2,1-4H3. The second-order valence-electron chi connectivity index (χ2n) is 4.34. The number of hydrogen-bond donors (Lipinski definition) is 1. The third-order valence-electron chi connectivity index (χ3n) is 3.11. The predicted octanol–water partition coefficient (Wildman–Crippen LogP) is 3.54. The van der Waals surface area contributed by atoms with Crippen LogP contribution in [0.2, 0.25) is 0 Å². The number of rotatable bonds is 8. The molecule has 102 valence electrons. The van der Waals surface area contributed by atoms with E-state index >= 15 is 0 Å². The van der Waals surface area contributed by atoms with Crippen LogP contribution in [0.3, 0.4) is 0 Å². The molecule has 0 bridgehead atoms. The lowest BCUT2D eigenvalue weighted by Crippen LogP contribution is -2.21. The molecular weight excluding hydrogens is 226 g/mol. The Morgan fingerprint density at radius 1 is 1.17 bits per heavy atom. The average Bonchev–Trinajstić information content (AvgIpc) is 2.42. The Morgan fingerprint density at radius 2 is 1.94 bits per heavy atom. The normalized spacial score (nSPS) is 12.2. The van der Waals surface area contributed by atoms with Gasteiger partial charge >= 0.3 is 0 Å². The predicted molar refractivity (Wildman–Crippen MR) is 75.5 cm³/mol. The summed E-state index contributed by atoms with van der Waals surface area (Å²) in [5.41, 5.74) is 1.19. The molecule has 3 nitrogen and oxygen atoms in total. The van der Waals surface area contributed by atoms with Gasteiger partial charge in [-0.3, -0.25) is 0 Å². The molecule has 0 aromatic heterocycles. The molecule has 3 heteroatoms. The van der Waals surface area contributed by atoms with Gasteiger partial charge in [0, 0.05) is 11.6 Å². The molecule has 0 heterocycles. The third-order valence-corrected chi connectivity index (χ3v) is 3.11. The van der Waals surface area contributed by atoms with Crippen molar-refractivity contribution in [3.8, 4) is 11.5 Å². The van der Waals surface area contributed by atoms with Crippen LogP contribution in [0.25, 0.3) is 0 Å². The van der Waals surface area contributed by atoms with Gasteiger partial charge in [0.05, 0.1) is 14.2 Å². The van der Waals surface area contributed by atoms with Crippen LogP contribution in [0, 0.1) is 0 Å². The molecule has 1 rings (SSSR count). The molecule has 1 aromatic rings. The number of para-hydroxylation sites is 1. The second-order valence-corrected chi connectivity index (χ2v) is 4.34. The Bertz CT molecular complexity index is 352. The van der Waals surface area contributed by atoms with E-state index in [4.69, 9.17) is 9.47 Å². The van der Waals surface area contributed by atoms with Crippen molar-refractivity contribution in [2.24, 2.45) is 0 Å². The van der Waals surface area contributed by atoms with Crippen LogP contribution in [0.5, 0.6) is 11.5 Å². The van der Waals surface area contributed by atoms with Crippen LogP contribution >= 0.6 is 0 Å². The van der Waals surface area contributed by atoms with Gasteiger partial charge in [-0.1, -0.05) is 38.8 Å². The first kappa shape index (κ1) is 14.8. The van der Waals surface area contributed by atoms with Crippen LogP contribution in [-0.2, 0) is 0 Å². The van der Waals surface area contributed by atoms with Crippen molar-refractivity contribution in [2.45, 2.75) is 39.2 Å². The van der Waals surface area contributed by atoms with Crippen LogP contribution in [0.4, 0.5) is 0 Å². The van der Waals surface area contributed by atoms with Crippen molar-refractivity contribution in [1.82, 2.24) is 5.32 Å². The van der Waals surface area contributed by atoms with Gasteiger partial charge in [0.1, 0.15) is 0 Å². The van der Waals surface area contributed by atoms with E-state index < -0.39 is 0 Å². The maximum Gasteiger partial charge on any atom is 0.165 e. The molecule has 0 aliphatic carbocycles. The largest absolute Gasteiger partial charge is 0.493 e. The topological polar surface area (TPSA) is 30.5 Å². The van der Waals surface area contributed by atoms with Crippen molar-refractivity contribution in [3.63, 3.8) is 0 Å². The summed E-state index contributed by atoms with van der Waals surface area (Å²) in [5, 5.41) is 3.52. The molecule has 1 atom stereocenters. The molecule has 0 fully saturated rings. The van der Waals surface area contributed by atoms with Crippen LogP contribution < -0.4 is 14.8 Å². The van der Waals surface area contributed by atoms with Crippen molar-refractivity contribution < 1.29 is 9.47 Å². The number of methoxy groups -OCH3 is 2. The molecule has 18 heavy (non-hydrogen) atoms. The monoisotopic (exact) mass is 251 g/mol. The summed E-state index contributed by atoms with van der Waals surface area (Å²) < 4.78 is 10.9. The van der Waals surface area contributed by atoms with Crippen LogP contribution in [0.15, 0.2) is 18.2 Å². The molecule has 0 amide bonds. The minimum atomic E-state index is 0.333. The molecule has 0 spiro atoms. The van der Waals surface area contributed by atoms with Gasteiger partial charge < -0.3 is 14.8 Å². The lowest BCUT2D eigenvalue weighted by molar-refractivity contribution is 0.344. The van der Waals surface area contributed by atoms with E-state index in [0.717, 1.165) is 24.5 Å². The molecular formula is C15H25NO2. The number of benzene rings is 1. The minimum Gasteiger partial charge on any atom is -0.493 e. The lowest BCUT2D eigenvalue weighted by Gasteiger charge is -2.21. The lowest BCUT2D eigenvalue weighted by atomic mass is 9.99. The number of unbranched alkanes of at least 4 members (excludes halogenated alkanes) is 1. The zero-order valence-corrected chi connectivity index (χ0v) is 12.0. The van der Waals surface area contributed by atoms with Gasteiger partial charge in [0.2, 0.25) is 0 Å². The molecule has 1 unspecified atom stereocenters. The maximum atomic E-state index is 5.51. The van der Waals surface area contributed by atoms with E-state index in [0.29, 0.717) is 6.04 Å². The summed E-state index contributed by atoms with van der Waals surface area (Å²) in [6.07, 6.45) is 3.53. The van der Waals surface area contributed by atoms with E-state index in [-0.39, 0.29) is 0 Å². The van der Waals surface area contributed by atoms with Gasteiger partial charge in [-0.2, -0.15) is 0 Å². The highest BCUT2D eigenvalue weighted by molar-refractivity contribution is 5.48. The molecule has 0 saturated heterocycles. The molecule has 1 N–H and O–H groups in total. The van der Waals surface area contributed by atoms with Gasteiger partial charge in [-0.15, -0.1) is 0 Å². The average molecular weight is 251 g/mol. The highest BCUT2D eigenvalue weighted by atomic mass is 16.5. The maximum absolute atomic E-state index is 5.51. The summed E-state index contributed by atoms with van der Waals surface area (Å²) in [7, 11) is 3.38. The molecule has 0 aliphatic rings. The summed E-state index contributed by atoms with van der Waals surface area (Å²) in [4.78, 5) is 0. The zero-order valence-electron chi connectivity index (χ0n) is 12.0. The van der Waals surface area contributed by atoms with Crippen molar-refractivity contribution in [3.05, 3.63) is 23.8 Å². The number of ether oxygens (including phenoxy) is 2. The smallest absolute Gasteiger partial charge is 0.165 e. The van der Waals surface area contributed by atoms with Gasteiger partial charge in [0.15, 0.2) is 11.5 Å². The van der Waals surface area contributed by atoms with Crippen molar-refractivity contribution in [1.29, 1.82) is 0 Å². The fraction of sp³-hybridized carbons (Fsp3) is 0.600. The summed E-state index contributed by atoms with van der Waals surface area (Å²) in [6.45, 7) is 5.30. The molecule has 0 saturated carbocycles.